The summed E-state index contributed by atoms with van der Waals surface area (Å²) < 4.78 is 0. The van der Waals surface area contributed by atoms with Gasteiger partial charge >= 0.3 is 0 Å². The molecule has 0 aliphatic heterocycles. The number of hydrogen-bond acceptors (Lipinski definition) is 7. The van der Waals surface area contributed by atoms with Crippen molar-refractivity contribution in [2.45, 2.75) is 81.4 Å². The average Bonchev–Trinajstić information content (AvgIpc) is 3.34. The summed E-state index contributed by atoms with van der Waals surface area (Å²) in [5.41, 5.74) is 17.5. The van der Waals surface area contributed by atoms with Gasteiger partial charge in [0.15, 0.2) is 0 Å². The van der Waals surface area contributed by atoms with Gasteiger partial charge in [0, 0.05) is 23.6 Å². The zero-order valence-electron chi connectivity index (χ0n) is 42.1. The third-order valence-corrected chi connectivity index (χ3v) is 12.2. The van der Waals surface area contributed by atoms with E-state index in [9.17, 15) is 25.5 Å². The summed E-state index contributed by atoms with van der Waals surface area (Å²) in [4.78, 5) is 2.12. The Bertz CT molecular complexity index is 2750. The normalized spacial score (nSPS) is 10.7. The molecule has 6 N–H and O–H groups in total. The van der Waals surface area contributed by atoms with Crippen LogP contribution in [0.5, 0.6) is 28.7 Å². The van der Waals surface area contributed by atoms with Crippen LogP contribution in [0.2, 0.25) is 0 Å². The van der Waals surface area contributed by atoms with Gasteiger partial charge in [0.2, 0.25) is 0 Å². The van der Waals surface area contributed by atoms with E-state index in [0.717, 1.165) is 90.0 Å². The maximum atomic E-state index is 11.0. The summed E-state index contributed by atoms with van der Waals surface area (Å²) in [5, 5.41) is 58.4. The molecule has 0 saturated heterocycles. The number of aliphatic hydroxyl groups excluding tert-OH is 1. The molecule has 0 fully saturated rings. The quantitative estimate of drug-likeness (QED) is 0.0897. The van der Waals surface area contributed by atoms with Crippen LogP contribution in [-0.4, -0.2) is 49.6 Å². The van der Waals surface area contributed by atoms with E-state index in [4.69, 9.17) is 5.11 Å². The number of rotatable bonds is 8. The Balaban J connectivity index is 0.000000181. The van der Waals surface area contributed by atoms with E-state index < -0.39 is 0 Å². The van der Waals surface area contributed by atoms with Crippen molar-refractivity contribution in [1.82, 2.24) is 4.90 Å². The Kier molecular flexibility index (Phi) is 18.4. The van der Waals surface area contributed by atoms with Crippen molar-refractivity contribution in [3.63, 3.8) is 0 Å². The van der Waals surface area contributed by atoms with Gasteiger partial charge in [0.1, 0.15) is 28.7 Å². The summed E-state index contributed by atoms with van der Waals surface area (Å²) in [6.45, 7) is 18.3. The lowest BCUT2D eigenvalue weighted by molar-refractivity contribution is 0.281. The van der Waals surface area contributed by atoms with Crippen LogP contribution in [0.3, 0.4) is 0 Å². The molecule has 69 heavy (non-hydrogen) atoms. The smallest absolute Gasteiger partial charge is 0.131 e. The first-order valence-corrected chi connectivity index (χ1v) is 23.3. The van der Waals surface area contributed by atoms with Gasteiger partial charge in [0.25, 0.3) is 0 Å². The molecule has 7 nitrogen and oxygen atoms in total. The van der Waals surface area contributed by atoms with Crippen molar-refractivity contribution in [3.8, 4) is 62.1 Å². The van der Waals surface area contributed by atoms with Crippen LogP contribution < -0.4 is 0 Å². The molecule has 8 rings (SSSR count). The maximum absolute atomic E-state index is 11.0. The van der Waals surface area contributed by atoms with Gasteiger partial charge < -0.3 is 35.5 Å². The Morgan fingerprint density at radius 2 is 0.652 bits per heavy atom. The van der Waals surface area contributed by atoms with Crippen LogP contribution in [0.25, 0.3) is 33.4 Å². The number of phenolic OH excluding ortho intramolecular Hbond substituents is 5. The van der Waals surface area contributed by atoms with Gasteiger partial charge in [-0.05, 0) is 171 Å². The predicted molar refractivity (Wildman–Crippen MR) is 286 cm³/mol. The minimum absolute atomic E-state index is 0.0297. The first kappa shape index (κ1) is 52.6. The van der Waals surface area contributed by atoms with Gasteiger partial charge in [-0.1, -0.05) is 146 Å². The second-order valence-electron chi connectivity index (χ2n) is 18.3. The second kappa shape index (κ2) is 24.1. The van der Waals surface area contributed by atoms with E-state index in [-0.39, 0.29) is 12.5 Å². The van der Waals surface area contributed by atoms with Gasteiger partial charge in [-0.2, -0.15) is 0 Å². The van der Waals surface area contributed by atoms with Gasteiger partial charge in [-0.3, -0.25) is 0 Å². The minimum atomic E-state index is 0.0297. The van der Waals surface area contributed by atoms with Gasteiger partial charge in [-0.25, -0.2) is 0 Å². The Morgan fingerprint density at radius 1 is 0.362 bits per heavy atom. The Labute approximate surface area is 409 Å². The Morgan fingerprint density at radius 3 is 0.957 bits per heavy atom. The molecule has 358 valence electrons. The maximum Gasteiger partial charge on any atom is 0.131 e. The molecular formula is C62H69NO6. The second-order valence-corrected chi connectivity index (χ2v) is 18.3. The lowest BCUT2D eigenvalue weighted by atomic mass is 9.88. The lowest BCUT2D eigenvalue weighted by Gasteiger charge is -2.17. The molecule has 0 bridgehead atoms. The molecule has 0 aliphatic rings. The monoisotopic (exact) mass is 924 g/mol. The van der Waals surface area contributed by atoms with Crippen molar-refractivity contribution in [3.05, 3.63) is 218 Å². The highest BCUT2D eigenvalue weighted by molar-refractivity contribution is 5.87. The third-order valence-electron chi connectivity index (χ3n) is 12.2. The highest BCUT2D eigenvalue weighted by Crippen LogP contribution is 2.42. The summed E-state index contributed by atoms with van der Waals surface area (Å²) >= 11 is 0. The highest BCUT2D eigenvalue weighted by atomic mass is 16.3. The molecule has 0 aromatic heterocycles. The number of aliphatic hydroxyl groups is 1. The van der Waals surface area contributed by atoms with Crippen LogP contribution in [0.15, 0.2) is 152 Å². The SMILES string of the molecule is Cc1cc(C(C)c2cc(C)c(O)c(C)c2)cc(C)c1O.Cc1cc(CN(C)C)cc(C)c1O.Cc1cc(CO)cc(C)c1O.Oc1c(-c2ccccc2)cc(-c2ccccc2)cc1-c1ccccc1. The molecule has 0 amide bonds. The number of hydrogen-bond donors (Lipinski definition) is 6. The van der Waals surface area contributed by atoms with Crippen molar-refractivity contribution in [2.24, 2.45) is 0 Å². The lowest BCUT2D eigenvalue weighted by Crippen LogP contribution is -2.10. The number of benzene rings is 8. The number of aryl methyl sites for hydroxylation is 8. The largest absolute Gasteiger partial charge is 0.507 e. The fraction of sp³-hybridized carbons (Fsp3) is 0.226. The van der Waals surface area contributed by atoms with Crippen molar-refractivity contribution in [1.29, 1.82) is 0 Å². The molecule has 0 radical (unpaired) electrons. The minimum Gasteiger partial charge on any atom is -0.507 e. The standard InChI is InChI=1S/C24H18O.C18H22O2.C11H17NO.C9H12O2/c25-24-22(19-12-6-2-7-13-19)16-21(18-10-4-1-5-11-18)17-23(24)20-14-8-3-9-15-20;1-10-6-15(7-11(2)17(10)19)14(5)16-8-12(3)18(20)13(4)9-16;1-8-5-10(7-12(3)4)6-9(2)11(8)13;1-6-3-8(5-10)4-7(2)9(6)11/h1-17,25H;6-9,14,19-20H,1-5H3;5-6,13H,7H2,1-4H3;3-4,10-11H,5H2,1-2H3. The molecule has 0 atom stereocenters. The van der Waals surface area contributed by atoms with E-state index in [2.05, 4.69) is 36.1 Å². The summed E-state index contributed by atoms with van der Waals surface area (Å²) in [5.74, 6) is 2.03. The van der Waals surface area contributed by atoms with E-state index in [1.807, 2.05) is 185 Å². The first-order valence-electron chi connectivity index (χ1n) is 23.3. The number of phenols is 5. The zero-order valence-corrected chi connectivity index (χ0v) is 42.1. The highest BCUT2D eigenvalue weighted by Gasteiger charge is 2.16. The van der Waals surface area contributed by atoms with Crippen LogP contribution in [0.1, 0.15) is 79.6 Å². The molecule has 0 saturated carbocycles. The summed E-state index contributed by atoms with van der Waals surface area (Å²) in [7, 11) is 4.08. The van der Waals surface area contributed by atoms with Crippen molar-refractivity contribution >= 4 is 0 Å². The Hall–Kier alpha value is -7.32. The van der Waals surface area contributed by atoms with Gasteiger partial charge in [-0.15, -0.1) is 0 Å². The molecule has 8 aromatic rings. The molecular weight excluding hydrogens is 855 g/mol. The third kappa shape index (κ3) is 13.9. The van der Waals surface area contributed by atoms with Crippen LogP contribution in [-0.2, 0) is 13.2 Å². The van der Waals surface area contributed by atoms with E-state index in [0.29, 0.717) is 28.7 Å². The van der Waals surface area contributed by atoms with Crippen molar-refractivity contribution in [2.75, 3.05) is 14.1 Å². The van der Waals surface area contributed by atoms with E-state index in [1.54, 1.807) is 12.1 Å². The molecule has 8 aromatic carbocycles. The summed E-state index contributed by atoms with van der Waals surface area (Å²) in [6.07, 6.45) is 0. The zero-order chi connectivity index (χ0) is 50.5. The van der Waals surface area contributed by atoms with Crippen molar-refractivity contribution < 1.29 is 30.6 Å². The number of nitrogens with zero attached hydrogens (tertiary/aromatic N) is 1. The predicted octanol–water partition coefficient (Wildman–Crippen LogP) is 14.4. The number of aromatic hydroxyl groups is 5. The molecule has 0 aliphatic carbocycles. The van der Waals surface area contributed by atoms with Gasteiger partial charge in [0.05, 0.1) is 6.61 Å². The van der Waals surface area contributed by atoms with Crippen LogP contribution >= 0.6 is 0 Å². The van der Waals surface area contributed by atoms with E-state index in [1.165, 1.54) is 16.7 Å². The van der Waals surface area contributed by atoms with Crippen LogP contribution in [0.4, 0.5) is 0 Å². The summed E-state index contributed by atoms with van der Waals surface area (Å²) in [6, 6.07) is 50.2. The molecule has 0 unspecified atom stereocenters. The fourth-order valence-electron chi connectivity index (χ4n) is 8.42. The van der Waals surface area contributed by atoms with E-state index >= 15 is 0 Å². The van der Waals surface area contributed by atoms with Crippen LogP contribution in [0, 0.1) is 55.4 Å². The first-order chi connectivity index (χ1) is 32.8. The average molecular weight is 924 g/mol. The topological polar surface area (TPSA) is 125 Å². The molecule has 7 heteroatoms. The molecule has 0 spiro atoms. The fourth-order valence-corrected chi connectivity index (χ4v) is 8.42. The molecule has 0 heterocycles.